The molecule has 2 amide bonds. The SMILES string of the molecule is CCCCCCCCCCCCCCN1C(=O)CC(Cc2ccc(O)cc2O)C1=O. The van der Waals surface area contributed by atoms with Crippen LogP contribution in [-0.4, -0.2) is 33.5 Å². The van der Waals surface area contributed by atoms with Gasteiger partial charge in [0.25, 0.3) is 0 Å². The number of likely N-dealkylation sites (tertiary alicyclic amines) is 1. The molecule has 0 saturated carbocycles. The Kier molecular flexibility index (Phi) is 10.7. The van der Waals surface area contributed by atoms with Gasteiger partial charge in [0, 0.05) is 19.0 Å². The highest BCUT2D eigenvalue weighted by Gasteiger charge is 2.38. The van der Waals surface area contributed by atoms with Crippen molar-refractivity contribution in [3.63, 3.8) is 0 Å². The summed E-state index contributed by atoms with van der Waals surface area (Å²) in [4.78, 5) is 26.3. The van der Waals surface area contributed by atoms with Crippen LogP contribution in [0.3, 0.4) is 0 Å². The highest BCUT2D eigenvalue weighted by atomic mass is 16.3. The number of carbonyl (C=O) groups is 2. The molecular weight excluding hydrogens is 378 g/mol. The Morgan fingerprint density at radius 2 is 1.43 bits per heavy atom. The van der Waals surface area contributed by atoms with E-state index in [4.69, 9.17) is 0 Å². The van der Waals surface area contributed by atoms with Gasteiger partial charge in [-0.1, -0.05) is 83.6 Å². The lowest BCUT2D eigenvalue weighted by Gasteiger charge is -2.15. The number of imide groups is 1. The molecule has 0 aromatic heterocycles. The standard InChI is InChI=1S/C25H39NO4/c1-2-3-4-5-6-7-8-9-10-11-12-13-16-26-24(29)18-21(25(26)30)17-20-14-15-22(27)19-23(20)28/h14-15,19,21,27-28H,2-13,16-18H2,1H3. The van der Waals surface area contributed by atoms with Crippen molar-refractivity contribution in [3.8, 4) is 11.5 Å². The second-order valence-corrected chi connectivity index (χ2v) is 8.69. The molecule has 5 heteroatoms. The fourth-order valence-corrected chi connectivity index (χ4v) is 4.25. The number of phenolic OH excluding ortho intramolecular Hbond substituents is 2. The number of carbonyl (C=O) groups excluding carboxylic acids is 2. The number of hydrogen-bond donors (Lipinski definition) is 2. The zero-order valence-corrected chi connectivity index (χ0v) is 18.6. The van der Waals surface area contributed by atoms with Gasteiger partial charge in [0.05, 0.1) is 5.92 Å². The first-order valence-electron chi connectivity index (χ1n) is 11.9. The van der Waals surface area contributed by atoms with Crippen LogP contribution in [0.25, 0.3) is 0 Å². The summed E-state index contributed by atoms with van der Waals surface area (Å²) in [7, 11) is 0. The number of phenols is 2. The summed E-state index contributed by atoms with van der Waals surface area (Å²) in [5, 5.41) is 19.3. The molecule has 2 rings (SSSR count). The van der Waals surface area contributed by atoms with Gasteiger partial charge in [-0.05, 0) is 24.5 Å². The summed E-state index contributed by atoms with van der Waals surface area (Å²) in [6.07, 6.45) is 15.6. The third-order valence-electron chi connectivity index (χ3n) is 6.11. The molecule has 1 fully saturated rings. The zero-order valence-electron chi connectivity index (χ0n) is 18.6. The van der Waals surface area contributed by atoms with E-state index < -0.39 is 5.92 Å². The lowest BCUT2D eigenvalue weighted by molar-refractivity contribution is -0.139. The van der Waals surface area contributed by atoms with Crippen molar-refractivity contribution in [1.29, 1.82) is 0 Å². The fraction of sp³-hybridized carbons (Fsp3) is 0.680. The van der Waals surface area contributed by atoms with Crippen molar-refractivity contribution in [2.24, 2.45) is 5.92 Å². The molecule has 0 bridgehead atoms. The fourth-order valence-electron chi connectivity index (χ4n) is 4.25. The average molecular weight is 418 g/mol. The first-order chi connectivity index (χ1) is 14.5. The Morgan fingerprint density at radius 1 is 0.867 bits per heavy atom. The minimum Gasteiger partial charge on any atom is -0.508 e. The van der Waals surface area contributed by atoms with Gasteiger partial charge in [-0.15, -0.1) is 0 Å². The Labute approximate surface area is 181 Å². The van der Waals surface area contributed by atoms with Crippen LogP contribution in [0.2, 0.25) is 0 Å². The summed E-state index contributed by atoms with van der Waals surface area (Å²) in [6.45, 7) is 2.75. The molecule has 1 aliphatic heterocycles. The molecular formula is C25H39NO4. The molecule has 2 N–H and O–H groups in total. The van der Waals surface area contributed by atoms with Crippen LogP contribution in [0.5, 0.6) is 11.5 Å². The lowest BCUT2D eigenvalue weighted by Crippen LogP contribution is -2.32. The van der Waals surface area contributed by atoms with E-state index in [1.807, 2.05) is 0 Å². The maximum Gasteiger partial charge on any atom is 0.233 e. The second kappa shape index (κ2) is 13.3. The van der Waals surface area contributed by atoms with Gasteiger partial charge < -0.3 is 10.2 Å². The smallest absolute Gasteiger partial charge is 0.233 e. The van der Waals surface area contributed by atoms with Crippen LogP contribution in [0, 0.1) is 5.92 Å². The number of rotatable bonds is 15. The Hall–Kier alpha value is -2.04. The van der Waals surface area contributed by atoms with Crippen LogP contribution in [-0.2, 0) is 16.0 Å². The molecule has 168 valence electrons. The van der Waals surface area contributed by atoms with Gasteiger partial charge >= 0.3 is 0 Å². The predicted octanol–water partition coefficient (Wildman–Crippen LogP) is 5.72. The van der Waals surface area contributed by atoms with Gasteiger partial charge in [0.2, 0.25) is 11.8 Å². The van der Waals surface area contributed by atoms with Gasteiger partial charge in [0.15, 0.2) is 0 Å². The number of aromatic hydroxyl groups is 2. The van der Waals surface area contributed by atoms with E-state index in [1.165, 1.54) is 74.8 Å². The number of amides is 2. The largest absolute Gasteiger partial charge is 0.508 e. The molecule has 1 unspecified atom stereocenters. The lowest BCUT2D eigenvalue weighted by atomic mass is 9.97. The van der Waals surface area contributed by atoms with E-state index in [-0.39, 0.29) is 29.7 Å². The molecule has 0 radical (unpaired) electrons. The summed E-state index contributed by atoms with van der Waals surface area (Å²) >= 11 is 0. The van der Waals surface area contributed by atoms with E-state index in [2.05, 4.69) is 6.92 Å². The number of unbranched alkanes of at least 4 members (excludes halogenated alkanes) is 11. The quantitative estimate of drug-likeness (QED) is 0.283. The normalized spacial score (nSPS) is 16.6. The molecule has 1 aromatic rings. The maximum absolute atomic E-state index is 12.6. The molecule has 30 heavy (non-hydrogen) atoms. The minimum absolute atomic E-state index is 0.0151. The van der Waals surface area contributed by atoms with Crippen molar-refractivity contribution < 1.29 is 19.8 Å². The zero-order chi connectivity index (χ0) is 21.8. The highest BCUT2D eigenvalue weighted by Crippen LogP contribution is 2.29. The maximum atomic E-state index is 12.6. The summed E-state index contributed by atoms with van der Waals surface area (Å²) in [5.41, 5.74) is 0.589. The van der Waals surface area contributed by atoms with E-state index >= 15 is 0 Å². The number of benzene rings is 1. The molecule has 5 nitrogen and oxygen atoms in total. The van der Waals surface area contributed by atoms with Crippen molar-refractivity contribution in [2.75, 3.05) is 6.54 Å². The first kappa shape index (κ1) is 24.2. The van der Waals surface area contributed by atoms with E-state index in [1.54, 1.807) is 6.07 Å². The van der Waals surface area contributed by atoms with E-state index in [9.17, 15) is 19.8 Å². The van der Waals surface area contributed by atoms with Crippen molar-refractivity contribution in [1.82, 2.24) is 4.90 Å². The monoisotopic (exact) mass is 417 g/mol. The second-order valence-electron chi connectivity index (χ2n) is 8.69. The first-order valence-corrected chi connectivity index (χ1v) is 11.9. The van der Waals surface area contributed by atoms with E-state index in [0.29, 0.717) is 18.5 Å². The van der Waals surface area contributed by atoms with Gasteiger partial charge in [-0.3, -0.25) is 14.5 Å². The summed E-state index contributed by atoms with van der Waals surface area (Å²) in [5.74, 6) is -0.694. The minimum atomic E-state index is -0.412. The number of nitrogens with zero attached hydrogens (tertiary/aromatic N) is 1. The van der Waals surface area contributed by atoms with Crippen LogP contribution < -0.4 is 0 Å². The van der Waals surface area contributed by atoms with E-state index in [0.717, 1.165) is 19.3 Å². The molecule has 0 spiro atoms. The third kappa shape index (κ3) is 8.00. The van der Waals surface area contributed by atoms with Gasteiger partial charge in [-0.2, -0.15) is 0 Å². The van der Waals surface area contributed by atoms with Crippen molar-refractivity contribution in [3.05, 3.63) is 23.8 Å². The van der Waals surface area contributed by atoms with Crippen LogP contribution in [0.1, 0.15) is 96.0 Å². The topological polar surface area (TPSA) is 77.8 Å². The molecule has 1 heterocycles. The molecule has 1 atom stereocenters. The predicted molar refractivity (Wildman–Crippen MR) is 119 cm³/mol. The third-order valence-corrected chi connectivity index (χ3v) is 6.11. The molecule has 0 aliphatic carbocycles. The molecule has 1 aromatic carbocycles. The van der Waals surface area contributed by atoms with Crippen LogP contribution >= 0.6 is 0 Å². The highest BCUT2D eigenvalue weighted by molar-refractivity contribution is 6.03. The number of hydrogen-bond acceptors (Lipinski definition) is 4. The molecule has 1 saturated heterocycles. The molecule has 1 aliphatic rings. The summed E-state index contributed by atoms with van der Waals surface area (Å²) < 4.78 is 0. The summed E-state index contributed by atoms with van der Waals surface area (Å²) in [6, 6.07) is 4.36. The van der Waals surface area contributed by atoms with Crippen molar-refractivity contribution in [2.45, 2.75) is 96.8 Å². The van der Waals surface area contributed by atoms with Crippen LogP contribution in [0.4, 0.5) is 0 Å². The average Bonchev–Trinajstić information content (AvgIpc) is 2.98. The van der Waals surface area contributed by atoms with Gasteiger partial charge in [-0.25, -0.2) is 0 Å². The Balaban J connectivity index is 1.57. The Bertz CT molecular complexity index is 673. The van der Waals surface area contributed by atoms with Gasteiger partial charge in [0.1, 0.15) is 11.5 Å². The van der Waals surface area contributed by atoms with Crippen molar-refractivity contribution >= 4 is 11.8 Å². The van der Waals surface area contributed by atoms with Crippen LogP contribution in [0.15, 0.2) is 18.2 Å². The Morgan fingerprint density at radius 3 is 2.00 bits per heavy atom.